The Labute approximate surface area is 174 Å². The van der Waals surface area contributed by atoms with Crippen molar-refractivity contribution in [2.24, 2.45) is 0 Å². The maximum atomic E-state index is 13.4. The minimum atomic E-state index is 0.0886. The number of carbonyl (C=O) groups is 1. The minimum Gasteiger partial charge on any atom is -0.379 e. The lowest BCUT2D eigenvalue weighted by molar-refractivity contribution is 0.0365. The van der Waals surface area contributed by atoms with Gasteiger partial charge >= 0.3 is 0 Å². The molecular formula is C23H25BrN2O2. The summed E-state index contributed by atoms with van der Waals surface area (Å²) in [6.45, 7) is 9.47. The summed E-state index contributed by atoms with van der Waals surface area (Å²) in [7, 11) is 0. The minimum absolute atomic E-state index is 0.0886. The molecule has 0 saturated carbocycles. The number of fused-ring (bicyclic) bond motifs is 1. The number of halogens is 1. The Bertz CT molecular complexity index is 1000. The van der Waals surface area contributed by atoms with Crippen molar-refractivity contribution in [1.82, 2.24) is 9.47 Å². The molecule has 1 aliphatic rings. The van der Waals surface area contributed by atoms with Gasteiger partial charge in [0.05, 0.1) is 18.8 Å². The number of nitrogens with zero attached hydrogens (tertiary/aromatic N) is 2. The molecule has 1 fully saturated rings. The van der Waals surface area contributed by atoms with Crippen LogP contribution in [0.5, 0.6) is 0 Å². The lowest BCUT2D eigenvalue weighted by Gasteiger charge is -2.27. The second kappa shape index (κ2) is 8.19. The van der Waals surface area contributed by atoms with Crippen LogP contribution in [-0.2, 0) is 11.3 Å². The molecule has 1 saturated heterocycles. The first-order chi connectivity index (χ1) is 13.5. The van der Waals surface area contributed by atoms with Crippen molar-refractivity contribution >= 4 is 32.6 Å². The largest absolute Gasteiger partial charge is 0.379 e. The van der Waals surface area contributed by atoms with Gasteiger partial charge in [-0.1, -0.05) is 45.8 Å². The van der Waals surface area contributed by atoms with E-state index in [0.29, 0.717) is 0 Å². The summed E-state index contributed by atoms with van der Waals surface area (Å²) in [6.07, 6.45) is 0. The standard InChI is InChI=1S/C23H25BrN2O2/c1-16-3-5-18(6-4-16)23(27)22-17(2)26(10-9-25-11-13-28-14-12-25)21-8-7-19(24)15-20(21)22/h3-8,15H,9-14H2,1-2H3. The number of hydrogen-bond donors (Lipinski definition) is 0. The van der Waals surface area contributed by atoms with Gasteiger partial charge in [0, 0.05) is 52.8 Å². The van der Waals surface area contributed by atoms with Gasteiger partial charge in [0.15, 0.2) is 5.78 Å². The monoisotopic (exact) mass is 440 g/mol. The van der Waals surface area contributed by atoms with Gasteiger partial charge in [0.1, 0.15) is 0 Å². The summed E-state index contributed by atoms with van der Waals surface area (Å²) in [5.41, 5.74) is 4.85. The predicted octanol–water partition coefficient (Wildman–Crippen LogP) is 4.58. The molecule has 1 aliphatic heterocycles. The lowest BCUT2D eigenvalue weighted by Crippen LogP contribution is -2.38. The summed E-state index contributed by atoms with van der Waals surface area (Å²) in [6, 6.07) is 14.1. The van der Waals surface area contributed by atoms with E-state index >= 15 is 0 Å². The molecule has 0 spiro atoms. The van der Waals surface area contributed by atoms with E-state index in [-0.39, 0.29) is 5.78 Å². The van der Waals surface area contributed by atoms with Crippen LogP contribution >= 0.6 is 15.9 Å². The summed E-state index contributed by atoms with van der Waals surface area (Å²) < 4.78 is 8.73. The number of aromatic nitrogens is 1. The predicted molar refractivity (Wildman–Crippen MR) is 116 cm³/mol. The van der Waals surface area contributed by atoms with Crippen LogP contribution in [0.15, 0.2) is 46.9 Å². The smallest absolute Gasteiger partial charge is 0.195 e. The van der Waals surface area contributed by atoms with Gasteiger partial charge < -0.3 is 9.30 Å². The fourth-order valence-corrected chi connectivity index (χ4v) is 4.31. The van der Waals surface area contributed by atoms with Crippen molar-refractivity contribution in [1.29, 1.82) is 0 Å². The molecule has 2 heterocycles. The maximum Gasteiger partial charge on any atom is 0.195 e. The SMILES string of the molecule is Cc1ccc(C(=O)c2c(C)n(CCN3CCOCC3)c3ccc(Br)cc23)cc1. The molecule has 4 rings (SSSR count). The zero-order valence-electron chi connectivity index (χ0n) is 16.4. The Balaban J connectivity index is 1.73. The van der Waals surface area contributed by atoms with E-state index in [2.05, 4.69) is 44.5 Å². The highest BCUT2D eigenvalue weighted by Crippen LogP contribution is 2.30. The van der Waals surface area contributed by atoms with Crippen LogP contribution in [0.1, 0.15) is 27.2 Å². The van der Waals surface area contributed by atoms with Gasteiger partial charge in [-0.15, -0.1) is 0 Å². The second-order valence-corrected chi connectivity index (χ2v) is 8.34. The Hall–Kier alpha value is -1.95. The molecule has 0 atom stereocenters. The van der Waals surface area contributed by atoms with Crippen LogP contribution in [-0.4, -0.2) is 48.1 Å². The summed E-state index contributed by atoms with van der Waals surface area (Å²) in [4.78, 5) is 15.8. The van der Waals surface area contributed by atoms with Crippen LogP contribution in [0.4, 0.5) is 0 Å². The molecule has 0 radical (unpaired) electrons. The van der Waals surface area contributed by atoms with Crippen LogP contribution < -0.4 is 0 Å². The Morgan fingerprint density at radius 2 is 1.75 bits per heavy atom. The number of morpholine rings is 1. The number of ether oxygens (including phenoxy) is 1. The Kier molecular flexibility index (Phi) is 5.67. The molecule has 28 heavy (non-hydrogen) atoms. The highest BCUT2D eigenvalue weighted by Gasteiger charge is 2.22. The van der Waals surface area contributed by atoms with Gasteiger partial charge in [-0.3, -0.25) is 9.69 Å². The second-order valence-electron chi connectivity index (χ2n) is 7.42. The number of hydrogen-bond acceptors (Lipinski definition) is 3. The van der Waals surface area contributed by atoms with E-state index < -0.39 is 0 Å². The average Bonchev–Trinajstić information content (AvgIpc) is 2.97. The maximum absolute atomic E-state index is 13.4. The van der Waals surface area contributed by atoms with E-state index in [0.717, 1.165) is 77.2 Å². The molecule has 0 amide bonds. The highest BCUT2D eigenvalue weighted by molar-refractivity contribution is 9.10. The molecule has 5 heteroatoms. The molecule has 2 aromatic carbocycles. The topological polar surface area (TPSA) is 34.5 Å². The van der Waals surface area contributed by atoms with Gasteiger partial charge in [-0.25, -0.2) is 0 Å². The third-order valence-corrected chi connectivity index (χ3v) is 6.06. The van der Waals surface area contributed by atoms with Crippen LogP contribution in [0.25, 0.3) is 10.9 Å². The lowest BCUT2D eigenvalue weighted by atomic mass is 10.00. The van der Waals surface area contributed by atoms with Crippen molar-refractivity contribution in [2.45, 2.75) is 20.4 Å². The number of rotatable bonds is 5. The molecule has 4 nitrogen and oxygen atoms in total. The molecule has 1 aromatic heterocycles. The average molecular weight is 441 g/mol. The molecule has 0 bridgehead atoms. The molecule has 0 aliphatic carbocycles. The van der Waals surface area contributed by atoms with Crippen molar-refractivity contribution < 1.29 is 9.53 Å². The summed E-state index contributed by atoms with van der Waals surface area (Å²) in [5, 5.41) is 1.01. The van der Waals surface area contributed by atoms with Gasteiger partial charge in [0.25, 0.3) is 0 Å². The molecule has 0 N–H and O–H groups in total. The normalized spacial score (nSPS) is 15.2. The number of aryl methyl sites for hydroxylation is 1. The third kappa shape index (κ3) is 3.79. The van der Waals surface area contributed by atoms with Crippen molar-refractivity contribution in [3.63, 3.8) is 0 Å². The van der Waals surface area contributed by atoms with E-state index in [9.17, 15) is 4.79 Å². The quantitative estimate of drug-likeness (QED) is 0.544. The van der Waals surface area contributed by atoms with E-state index in [1.165, 1.54) is 0 Å². The first-order valence-electron chi connectivity index (χ1n) is 9.74. The zero-order valence-corrected chi connectivity index (χ0v) is 18.0. The Morgan fingerprint density at radius 3 is 2.46 bits per heavy atom. The molecule has 3 aromatic rings. The van der Waals surface area contributed by atoms with E-state index in [1.54, 1.807) is 0 Å². The van der Waals surface area contributed by atoms with Crippen molar-refractivity contribution in [2.75, 3.05) is 32.8 Å². The fraction of sp³-hybridized carbons (Fsp3) is 0.348. The first kappa shape index (κ1) is 19.4. The van der Waals surface area contributed by atoms with Crippen molar-refractivity contribution in [3.8, 4) is 0 Å². The third-order valence-electron chi connectivity index (χ3n) is 5.57. The van der Waals surface area contributed by atoms with Crippen molar-refractivity contribution in [3.05, 3.63) is 69.3 Å². The van der Waals surface area contributed by atoms with Gasteiger partial charge in [-0.05, 0) is 32.0 Å². The zero-order chi connectivity index (χ0) is 19.7. The van der Waals surface area contributed by atoms with Crippen LogP contribution in [0.2, 0.25) is 0 Å². The fourth-order valence-electron chi connectivity index (χ4n) is 3.94. The van der Waals surface area contributed by atoms with E-state index in [1.807, 2.05) is 37.3 Å². The van der Waals surface area contributed by atoms with Crippen LogP contribution in [0.3, 0.4) is 0 Å². The van der Waals surface area contributed by atoms with E-state index in [4.69, 9.17) is 4.74 Å². The van der Waals surface area contributed by atoms with Crippen LogP contribution in [0, 0.1) is 13.8 Å². The molecule has 146 valence electrons. The first-order valence-corrected chi connectivity index (χ1v) is 10.5. The summed E-state index contributed by atoms with van der Waals surface area (Å²) >= 11 is 3.57. The number of carbonyl (C=O) groups excluding carboxylic acids is 1. The number of benzene rings is 2. The molecular weight excluding hydrogens is 416 g/mol. The van der Waals surface area contributed by atoms with Gasteiger partial charge in [0.2, 0.25) is 0 Å². The summed E-state index contributed by atoms with van der Waals surface area (Å²) in [5.74, 6) is 0.0886. The number of ketones is 1. The Morgan fingerprint density at radius 1 is 1.04 bits per heavy atom. The molecule has 0 unspecified atom stereocenters. The van der Waals surface area contributed by atoms with Gasteiger partial charge in [-0.2, -0.15) is 0 Å². The highest BCUT2D eigenvalue weighted by atomic mass is 79.9.